The number of amides is 1. The van der Waals surface area contributed by atoms with E-state index >= 15 is 0 Å². The van der Waals surface area contributed by atoms with E-state index in [1.54, 1.807) is 0 Å². The average Bonchev–Trinajstić information content (AvgIpc) is 2.56. The summed E-state index contributed by atoms with van der Waals surface area (Å²) in [5.74, 6) is -2.75. The minimum Gasteiger partial charge on any atom is -0.449 e. The number of halogens is 3. The first-order valence-electron chi connectivity index (χ1n) is 7.10. The number of non-ortho nitro benzene ring substituents is 1. The Labute approximate surface area is 156 Å². The van der Waals surface area contributed by atoms with Crippen molar-refractivity contribution < 1.29 is 23.6 Å². The molecule has 1 amide bonds. The first kappa shape index (κ1) is 19.6. The number of nitrogens with zero attached hydrogens (tertiary/aromatic N) is 1. The van der Waals surface area contributed by atoms with Crippen molar-refractivity contribution >= 4 is 46.5 Å². The number of nitrogens with one attached hydrogen (secondary N) is 1. The number of hydrogen-bond donors (Lipinski definition) is 1. The number of nitro groups is 1. The average molecular weight is 401 g/mol. The Morgan fingerprint density at radius 3 is 2.50 bits per heavy atom. The molecular formula is C16H11Cl2FN2O5. The highest BCUT2D eigenvalue weighted by molar-refractivity contribution is 6.34. The highest BCUT2D eigenvalue weighted by Crippen LogP contribution is 2.27. The van der Waals surface area contributed by atoms with Gasteiger partial charge in [-0.25, -0.2) is 9.18 Å². The zero-order chi connectivity index (χ0) is 19.4. The quantitative estimate of drug-likeness (QED) is 0.460. The van der Waals surface area contributed by atoms with E-state index in [1.807, 2.05) is 0 Å². The van der Waals surface area contributed by atoms with Crippen LogP contribution in [0.3, 0.4) is 0 Å². The highest BCUT2D eigenvalue weighted by atomic mass is 35.5. The Morgan fingerprint density at radius 1 is 1.23 bits per heavy atom. The fraction of sp³-hybridized carbons (Fsp3) is 0.125. The van der Waals surface area contributed by atoms with E-state index in [2.05, 4.69) is 5.32 Å². The molecule has 0 spiro atoms. The number of rotatable bonds is 5. The first-order valence-corrected chi connectivity index (χ1v) is 7.86. The zero-order valence-corrected chi connectivity index (χ0v) is 14.7. The van der Waals surface area contributed by atoms with Gasteiger partial charge in [0.2, 0.25) is 0 Å². The maximum atomic E-state index is 13.7. The zero-order valence-electron chi connectivity index (χ0n) is 13.2. The molecule has 0 heterocycles. The highest BCUT2D eigenvalue weighted by Gasteiger charge is 2.24. The molecule has 0 aliphatic rings. The molecule has 0 saturated carbocycles. The topological polar surface area (TPSA) is 98.5 Å². The van der Waals surface area contributed by atoms with Crippen molar-refractivity contribution in [1.29, 1.82) is 0 Å². The molecule has 1 N–H and O–H groups in total. The summed E-state index contributed by atoms with van der Waals surface area (Å²) >= 11 is 11.6. The molecular weight excluding hydrogens is 390 g/mol. The van der Waals surface area contributed by atoms with Crippen molar-refractivity contribution in [2.75, 3.05) is 5.32 Å². The van der Waals surface area contributed by atoms with Crippen LogP contribution in [0.5, 0.6) is 0 Å². The number of anilines is 1. The summed E-state index contributed by atoms with van der Waals surface area (Å²) < 4.78 is 18.6. The summed E-state index contributed by atoms with van der Waals surface area (Å²) in [5.41, 5.74) is -0.641. The largest absolute Gasteiger partial charge is 0.449 e. The minimum absolute atomic E-state index is 0.0665. The van der Waals surface area contributed by atoms with Crippen LogP contribution >= 0.6 is 23.2 Å². The van der Waals surface area contributed by atoms with Gasteiger partial charge >= 0.3 is 5.97 Å². The van der Waals surface area contributed by atoms with Crippen LogP contribution in [0.4, 0.5) is 15.8 Å². The van der Waals surface area contributed by atoms with Gasteiger partial charge in [0, 0.05) is 12.1 Å². The van der Waals surface area contributed by atoms with Crippen LogP contribution < -0.4 is 5.32 Å². The number of nitro benzene ring substituents is 1. The summed E-state index contributed by atoms with van der Waals surface area (Å²) in [6, 6.07) is 7.11. The van der Waals surface area contributed by atoms with Crippen LogP contribution in [-0.4, -0.2) is 22.9 Å². The van der Waals surface area contributed by atoms with Gasteiger partial charge < -0.3 is 10.1 Å². The first-order chi connectivity index (χ1) is 12.2. The van der Waals surface area contributed by atoms with Gasteiger partial charge in [-0.2, -0.15) is 0 Å². The van der Waals surface area contributed by atoms with E-state index in [4.69, 9.17) is 27.9 Å². The Balaban J connectivity index is 2.08. The second-order valence-electron chi connectivity index (χ2n) is 5.05. The predicted molar refractivity (Wildman–Crippen MR) is 93.0 cm³/mol. The van der Waals surface area contributed by atoms with Crippen molar-refractivity contribution in [2.24, 2.45) is 0 Å². The molecule has 2 aromatic carbocycles. The van der Waals surface area contributed by atoms with Gasteiger partial charge in [0.05, 0.1) is 20.7 Å². The Kier molecular flexibility index (Phi) is 6.12. The number of hydrogen-bond acceptors (Lipinski definition) is 5. The van der Waals surface area contributed by atoms with Crippen molar-refractivity contribution in [2.45, 2.75) is 13.0 Å². The third-order valence-corrected chi connectivity index (χ3v) is 3.87. The van der Waals surface area contributed by atoms with E-state index in [0.29, 0.717) is 0 Å². The fourth-order valence-electron chi connectivity index (χ4n) is 1.92. The molecule has 2 rings (SSSR count). The smallest absolute Gasteiger partial charge is 0.343 e. The molecule has 0 aliphatic carbocycles. The van der Waals surface area contributed by atoms with Gasteiger partial charge in [-0.15, -0.1) is 0 Å². The van der Waals surface area contributed by atoms with Crippen LogP contribution in [0, 0.1) is 15.9 Å². The molecule has 0 aliphatic heterocycles. The third-order valence-electron chi connectivity index (χ3n) is 3.24. The molecule has 26 heavy (non-hydrogen) atoms. The number of benzene rings is 2. The van der Waals surface area contributed by atoms with Gasteiger partial charge in [0.15, 0.2) is 6.10 Å². The number of carbonyl (C=O) groups excluding carboxylic acids is 2. The number of carbonyl (C=O) groups is 2. The van der Waals surface area contributed by atoms with Gasteiger partial charge in [0.25, 0.3) is 11.6 Å². The summed E-state index contributed by atoms with van der Waals surface area (Å²) in [5, 5.41) is 12.8. The van der Waals surface area contributed by atoms with Crippen LogP contribution in [0.1, 0.15) is 17.3 Å². The summed E-state index contributed by atoms with van der Waals surface area (Å²) in [7, 11) is 0. The summed E-state index contributed by atoms with van der Waals surface area (Å²) in [6.07, 6.45) is -1.30. The van der Waals surface area contributed by atoms with E-state index in [1.165, 1.54) is 25.1 Å². The lowest BCUT2D eigenvalue weighted by atomic mass is 10.2. The summed E-state index contributed by atoms with van der Waals surface area (Å²) in [4.78, 5) is 34.2. The molecule has 0 fully saturated rings. The maximum absolute atomic E-state index is 13.7. The third kappa shape index (κ3) is 4.47. The Morgan fingerprint density at radius 2 is 1.92 bits per heavy atom. The Bertz CT molecular complexity index is 871. The van der Waals surface area contributed by atoms with E-state index in [9.17, 15) is 24.1 Å². The summed E-state index contributed by atoms with van der Waals surface area (Å²) in [6.45, 7) is 1.27. The van der Waals surface area contributed by atoms with Crippen molar-refractivity contribution in [3.8, 4) is 0 Å². The van der Waals surface area contributed by atoms with Gasteiger partial charge in [-0.05, 0) is 25.1 Å². The fourth-order valence-corrected chi connectivity index (χ4v) is 2.38. The number of ether oxygens (including phenoxy) is 1. The molecule has 10 heteroatoms. The van der Waals surface area contributed by atoms with Crippen LogP contribution in [-0.2, 0) is 9.53 Å². The molecule has 0 saturated heterocycles. The predicted octanol–water partition coefficient (Wildman–Crippen LogP) is 4.22. The molecule has 0 aromatic heterocycles. The lowest BCUT2D eigenvalue weighted by Gasteiger charge is -2.15. The molecule has 1 atom stereocenters. The van der Waals surface area contributed by atoms with Crippen molar-refractivity contribution in [3.63, 3.8) is 0 Å². The molecule has 136 valence electrons. The van der Waals surface area contributed by atoms with E-state index in [0.717, 1.165) is 18.2 Å². The monoisotopic (exact) mass is 400 g/mol. The molecule has 0 unspecified atom stereocenters. The minimum atomic E-state index is -1.30. The lowest BCUT2D eigenvalue weighted by molar-refractivity contribution is -0.384. The van der Waals surface area contributed by atoms with E-state index < -0.39 is 34.3 Å². The van der Waals surface area contributed by atoms with Crippen LogP contribution in [0.2, 0.25) is 10.0 Å². The normalized spacial score (nSPS) is 11.5. The van der Waals surface area contributed by atoms with Gasteiger partial charge in [-0.1, -0.05) is 29.3 Å². The standard InChI is InChI=1S/C16H11Cl2FN2O5/c1-8(26-16(23)14-10(17)3-2-4-12(14)19)15(22)20-13-6-5-9(21(24)25)7-11(13)18/h2-8H,1H3,(H,20,22)/t8-/m1/s1. The SMILES string of the molecule is C[C@@H](OC(=O)c1c(F)cccc1Cl)C(=O)Nc1ccc([N+](=O)[O-])cc1Cl. The maximum Gasteiger partial charge on any atom is 0.343 e. The van der Waals surface area contributed by atoms with Crippen molar-refractivity contribution in [3.05, 3.63) is 67.9 Å². The number of esters is 1. The molecule has 0 bridgehead atoms. The van der Waals surface area contributed by atoms with Crippen LogP contribution in [0.25, 0.3) is 0 Å². The van der Waals surface area contributed by atoms with Gasteiger partial charge in [0.1, 0.15) is 11.4 Å². The lowest BCUT2D eigenvalue weighted by Crippen LogP contribution is -2.30. The second kappa shape index (κ2) is 8.11. The Hall–Kier alpha value is -2.71. The molecule has 7 nitrogen and oxygen atoms in total. The second-order valence-corrected chi connectivity index (χ2v) is 5.87. The van der Waals surface area contributed by atoms with Crippen molar-refractivity contribution in [1.82, 2.24) is 0 Å². The molecule has 0 radical (unpaired) electrons. The van der Waals surface area contributed by atoms with E-state index in [-0.39, 0.29) is 21.4 Å². The molecule has 2 aromatic rings. The van der Waals surface area contributed by atoms with Crippen LogP contribution in [0.15, 0.2) is 36.4 Å². The van der Waals surface area contributed by atoms with Gasteiger partial charge in [-0.3, -0.25) is 14.9 Å².